The Morgan fingerprint density at radius 1 is 1.18 bits per heavy atom. The van der Waals surface area contributed by atoms with Crippen LogP contribution in [0.15, 0.2) is 30.3 Å². The van der Waals surface area contributed by atoms with Gasteiger partial charge in [0, 0.05) is 13.1 Å². The highest BCUT2D eigenvalue weighted by Crippen LogP contribution is 2.17. The predicted molar refractivity (Wildman–Crippen MR) is 63.3 cm³/mol. The van der Waals surface area contributed by atoms with Crippen molar-refractivity contribution in [3.63, 3.8) is 0 Å². The van der Waals surface area contributed by atoms with Gasteiger partial charge in [0.25, 0.3) is 0 Å². The van der Waals surface area contributed by atoms with Gasteiger partial charge >= 0.3 is 6.35 Å². The Morgan fingerprint density at radius 3 is 2.41 bits per heavy atom. The highest BCUT2D eigenvalue weighted by molar-refractivity contribution is 5.20. The molecule has 5 nitrogen and oxygen atoms in total. The molecule has 0 spiro atoms. The number of likely N-dealkylation sites (tertiary alicyclic amines) is 1. The van der Waals surface area contributed by atoms with Crippen molar-refractivity contribution in [3.8, 4) is 5.75 Å². The lowest BCUT2D eigenvalue weighted by molar-refractivity contribution is -0.593. The number of rotatable bonds is 4. The Hall–Kier alpha value is -1.62. The topological polar surface area (TPSA) is 55.6 Å². The molecule has 92 valence electrons. The summed E-state index contributed by atoms with van der Waals surface area (Å²) in [4.78, 5) is 12.5. The molecule has 1 atom stereocenters. The van der Waals surface area contributed by atoms with E-state index in [1.54, 1.807) is 17.0 Å². The van der Waals surface area contributed by atoms with Gasteiger partial charge in [0.2, 0.25) is 0 Å². The minimum atomic E-state index is -1.06. The highest BCUT2D eigenvalue weighted by Gasteiger charge is 2.31. The molecule has 1 aromatic carbocycles. The van der Waals surface area contributed by atoms with E-state index in [9.17, 15) is 10.1 Å². The first-order valence-electron chi connectivity index (χ1n) is 5.86. The molecule has 1 aromatic rings. The van der Waals surface area contributed by atoms with Crippen molar-refractivity contribution in [1.82, 2.24) is 4.90 Å². The van der Waals surface area contributed by atoms with E-state index in [0.717, 1.165) is 32.4 Å². The van der Waals surface area contributed by atoms with Gasteiger partial charge in [0.15, 0.2) is 0 Å². The van der Waals surface area contributed by atoms with Crippen LogP contribution in [-0.4, -0.2) is 29.3 Å². The molecule has 1 fully saturated rings. The summed E-state index contributed by atoms with van der Waals surface area (Å²) in [5.41, 5.74) is 0. The van der Waals surface area contributed by atoms with E-state index in [1.807, 2.05) is 18.2 Å². The van der Waals surface area contributed by atoms with Crippen molar-refractivity contribution in [3.05, 3.63) is 40.4 Å². The van der Waals surface area contributed by atoms with Crippen LogP contribution in [0.3, 0.4) is 0 Å². The number of piperidine rings is 1. The molecule has 0 N–H and O–H groups in total. The molecule has 0 aromatic heterocycles. The maximum absolute atomic E-state index is 11.0. The summed E-state index contributed by atoms with van der Waals surface area (Å²) >= 11 is 0. The summed E-state index contributed by atoms with van der Waals surface area (Å²) < 4.78 is 5.44. The van der Waals surface area contributed by atoms with Gasteiger partial charge in [-0.05, 0) is 25.0 Å². The van der Waals surface area contributed by atoms with E-state index in [-0.39, 0.29) is 4.92 Å². The van der Waals surface area contributed by atoms with Crippen molar-refractivity contribution in [1.29, 1.82) is 0 Å². The van der Waals surface area contributed by atoms with Gasteiger partial charge in [-0.2, -0.15) is 0 Å². The van der Waals surface area contributed by atoms with Crippen LogP contribution in [0.5, 0.6) is 5.75 Å². The minimum absolute atomic E-state index is 0.363. The molecule has 1 aliphatic rings. The SMILES string of the molecule is O=[N+]([O-])C(Oc1ccccc1)N1CCCCC1. The quantitative estimate of drug-likeness (QED) is 0.456. The lowest BCUT2D eigenvalue weighted by Gasteiger charge is -2.28. The standard InChI is InChI=1S/C12H16N2O3/c15-14(16)12(13-9-5-2-6-10-13)17-11-7-3-1-4-8-11/h1,3-4,7-8,12H,2,5-6,9-10H2. The van der Waals surface area contributed by atoms with Crippen LogP contribution in [0.25, 0.3) is 0 Å². The number of nitro groups is 1. The predicted octanol–water partition coefficient (Wildman–Crippen LogP) is 2.11. The Balaban J connectivity index is 2.04. The second-order valence-corrected chi connectivity index (χ2v) is 4.14. The van der Waals surface area contributed by atoms with Crippen LogP contribution < -0.4 is 4.74 Å². The molecule has 1 heterocycles. The molecule has 0 radical (unpaired) electrons. The monoisotopic (exact) mass is 236 g/mol. The lowest BCUT2D eigenvalue weighted by atomic mass is 10.1. The number of hydrogen-bond acceptors (Lipinski definition) is 4. The van der Waals surface area contributed by atoms with E-state index in [2.05, 4.69) is 0 Å². The normalized spacial score (nSPS) is 18.6. The first-order chi connectivity index (χ1) is 8.27. The molecule has 1 saturated heterocycles. The maximum Gasteiger partial charge on any atom is 0.419 e. The van der Waals surface area contributed by atoms with Crippen LogP contribution in [0, 0.1) is 10.1 Å². The fourth-order valence-electron chi connectivity index (χ4n) is 2.01. The molecule has 2 rings (SSSR count). The van der Waals surface area contributed by atoms with E-state index in [0.29, 0.717) is 5.75 Å². The van der Waals surface area contributed by atoms with Crippen molar-refractivity contribution in [2.24, 2.45) is 0 Å². The van der Waals surface area contributed by atoms with Crippen LogP contribution in [0.4, 0.5) is 0 Å². The number of nitrogens with zero attached hydrogens (tertiary/aromatic N) is 2. The number of benzene rings is 1. The number of ether oxygens (including phenoxy) is 1. The summed E-state index contributed by atoms with van der Waals surface area (Å²) in [7, 11) is 0. The van der Waals surface area contributed by atoms with Gasteiger partial charge in [-0.25, -0.2) is 4.90 Å². The van der Waals surface area contributed by atoms with Gasteiger partial charge in [0.1, 0.15) is 5.75 Å². The Bertz CT molecular complexity index is 363. The number of para-hydroxylation sites is 1. The first kappa shape index (κ1) is 11.9. The third kappa shape index (κ3) is 3.17. The van der Waals surface area contributed by atoms with Gasteiger partial charge in [-0.3, -0.25) is 10.1 Å². The lowest BCUT2D eigenvalue weighted by Crippen LogP contribution is -2.47. The van der Waals surface area contributed by atoms with Gasteiger partial charge < -0.3 is 4.74 Å². The van der Waals surface area contributed by atoms with Crippen molar-refractivity contribution in [2.75, 3.05) is 13.1 Å². The first-order valence-corrected chi connectivity index (χ1v) is 5.86. The molecule has 17 heavy (non-hydrogen) atoms. The number of hydrogen-bond donors (Lipinski definition) is 0. The van der Waals surface area contributed by atoms with Gasteiger partial charge in [-0.15, -0.1) is 0 Å². The molecular weight excluding hydrogens is 220 g/mol. The maximum atomic E-state index is 11.0. The average Bonchev–Trinajstić information content (AvgIpc) is 2.38. The van der Waals surface area contributed by atoms with Crippen LogP contribution >= 0.6 is 0 Å². The molecule has 0 bridgehead atoms. The third-order valence-electron chi connectivity index (χ3n) is 2.87. The van der Waals surface area contributed by atoms with Crippen molar-refractivity contribution >= 4 is 0 Å². The van der Waals surface area contributed by atoms with E-state index < -0.39 is 6.35 Å². The fraction of sp³-hybridized carbons (Fsp3) is 0.500. The molecule has 0 saturated carbocycles. The average molecular weight is 236 g/mol. The largest absolute Gasteiger partial charge is 0.419 e. The fourth-order valence-corrected chi connectivity index (χ4v) is 2.01. The zero-order chi connectivity index (χ0) is 12.1. The molecule has 1 aliphatic heterocycles. The minimum Gasteiger partial charge on any atom is -0.418 e. The summed E-state index contributed by atoms with van der Waals surface area (Å²) in [6.45, 7) is 1.47. The molecular formula is C12H16N2O3. The van der Waals surface area contributed by atoms with E-state index in [4.69, 9.17) is 4.74 Å². The summed E-state index contributed by atoms with van der Waals surface area (Å²) in [5, 5.41) is 11.0. The van der Waals surface area contributed by atoms with Crippen molar-refractivity contribution in [2.45, 2.75) is 25.6 Å². The summed E-state index contributed by atoms with van der Waals surface area (Å²) in [5.74, 6) is 0.541. The van der Waals surface area contributed by atoms with Gasteiger partial charge in [0.05, 0.1) is 4.92 Å². The Morgan fingerprint density at radius 2 is 1.82 bits per heavy atom. The second kappa shape index (κ2) is 5.63. The molecule has 5 heteroatoms. The van der Waals surface area contributed by atoms with E-state index >= 15 is 0 Å². The van der Waals surface area contributed by atoms with Gasteiger partial charge in [-0.1, -0.05) is 24.6 Å². The summed E-state index contributed by atoms with van der Waals surface area (Å²) in [6.07, 6.45) is 2.09. The Kier molecular flexibility index (Phi) is 3.93. The Labute approximate surface area is 100 Å². The zero-order valence-electron chi connectivity index (χ0n) is 9.62. The zero-order valence-corrected chi connectivity index (χ0v) is 9.62. The van der Waals surface area contributed by atoms with Crippen LogP contribution in [0.2, 0.25) is 0 Å². The summed E-state index contributed by atoms with van der Waals surface area (Å²) in [6, 6.07) is 8.95. The van der Waals surface area contributed by atoms with Crippen molar-refractivity contribution < 1.29 is 9.66 Å². The van der Waals surface area contributed by atoms with Crippen LogP contribution in [0.1, 0.15) is 19.3 Å². The molecule has 0 aliphatic carbocycles. The van der Waals surface area contributed by atoms with Crippen LogP contribution in [-0.2, 0) is 0 Å². The second-order valence-electron chi connectivity index (χ2n) is 4.14. The molecule has 0 amide bonds. The molecule has 1 unspecified atom stereocenters. The van der Waals surface area contributed by atoms with E-state index in [1.165, 1.54) is 0 Å². The third-order valence-corrected chi connectivity index (χ3v) is 2.87. The smallest absolute Gasteiger partial charge is 0.418 e. The highest BCUT2D eigenvalue weighted by atomic mass is 16.7.